The number of aromatic nitrogens is 2. The van der Waals surface area contributed by atoms with Gasteiger partial charge in [-0.15, -0.1) is 0 Å². The minimum absolute atomic E-state index is 0.251. The zero-order valence-electron chi connectivity index (χ0n) is 11.3. The lowest BCUT2D eigenvalue weighted by atomic mass is 10.2. The van der Waals surface area contributed by atoms with Gasteiger partial charge in [0.2, 0.25) is 0 Å². The van der Waals surface area contributed by atoms with Crippen LogP contribution < -0.4 is 17.0 Å². The van der Waals surface area contributed by atoms with Crippen LogP contribution in [-0.2, 0) is 13.1 Å². The van der Waals surface area contributed by atoms with Crippen LogP contribution in [0.4, 0.5) is 0 Å². The van der Waals surface area contributed by atoms with E-state index in [1.54, 1.807) is 18.2 Å². The fourth-order valence-corrected chi connectivity index (χ4v) is 2.37. The second-order valence-electron chi connectivity index (χ2n) is 4.57. The molecule has 2 aromatic rings. The summed E-state index contributed by atoms with van der Waals surface area (Å²) < 4.78 is 2.60. The molecule has 7 heteroatoms. The minimum atomic E-state index is -0.382. The first-order chi connectivity index (χ1) is 10.0. The summed E-state index contributed by atoms with van der Waals surface area (Å²) in [5.74, 6) is 0. The lowest BCUT2D eigenvalue weighted by molar-refractivity contribution is 0.554. The number of benzene rings is 1. The number of rotatable bonds is 5. The van der Waals surface area contributed by atoms with Gasteiger partial charge in [-0.05, 0) is 24.6 Å². The van der Waals surface area contributed by atoms with Crippen LogP contribution in [0.5, 0.6) is 0 Å². The lowest BCUT2D eigenvalue weighted by Gasteiger charge is -2.11. The molecule has 112 valence electrons. The summed E-state index contributed by atoms with van der Waals surface area (Å²) >= 11 is 12.1. The zero-order chi connectivity index (χ0) is 15.4. The second kappa shape index (κ2) is 6.93. The number of nitrogens with two attached hydrogens (primary N) is 1. The van der Waals surface area contributed by atoms with Crippen LogP contribution in [0.3, 0.4) is 0 Å². The van der Waals surface area contributed by atoms with E-state index < -0.39 is 0 Å². The van der Waals surface area contributed by atoms with E-state index in [2.05, 4.69) is 0 Å². The van der Waals surface area contributed by atoms with Crippen molar-refractivity contribution in [1.29, 1.82) is 0 Å². The van der Waals surface area contributed by atoms with E-state index in [-0.39, 0.29) is 17.8 Å². The molecule has 1 aromatic heterocycles. The molecule has 1 aromatic carbocycles. The molecule has 0 spiro atoms. The molecule has 0 aliphatic rings. The maximum atomic E-state index is 12.3. The van der Waals surface area contributed by atoms with E-state index in [4.69, 9.17) is 28.9 Å². The second-order valence-corrected chi connectivity index (χ2v) is 5.36. The smallest absolute Gasteiger partial charge is 0.330 e. The van der Waals surface area contributed by atoms with E-state index in [9.17, 15) is 9.59 Å². The van der Waals surface area contributed by atoms with Gasteiger partial charge >= 0.3 is 5.69 Å². The Hall–Kier alpha value is -1.56. The summed E-state index contributed by atoms with van der Waals surface area (Å²) in [6, 6.07) is 6.59. The van der Waals surface area contributed by atoms with Gasteiger partial charge in [0.15, 0.2) is 0 Å². The molecule has 0 radical (unpaired) electrons. The van der Waals surface area contributed by atoms with Crippen molar-refractivity contribution in [3.05, 3.63) is 66.9 Å². The molecular weight excluding hydrogens is 313 g/mol. The molecule has 2 rings (SSSR count). The van der Waals surface area contributed by atoms with Crippen LogP contribution in [0.25, 0.3) is 0 Å². The highest BCUT2D eigenvalue weighted by Crippen LogP contribution is 2.25. The number of hydrogen-bond acceptors (Lipinski definition) is 3. The molecule has 0 saturated heterocycles. The van der Waals surface area contributed by atoms with Gasteiger partial charge in [-0.25, -0.2) is 4.79 Å². The highest BCUT2D eigenvalue weighted by Gasteiger charge is 2.09. The average Bonchev–Trinajstić information content (AvgIpc) is 2.46. The van der Waals surface area contributed by atoms with Crippen LogP contribution in [0.2, 0.25) is 10.0 Å². The third-order valence-corrected chi connectivity index (χ3v) is 3.96. The van der Waals surface area contributed by atoms with Crippen LogP contribution >= 0.6 is 23.2 Å². The monoisotopic (exact) mass is 327 g/mol. The summed E-state index contributed by atoms with van der Waals surface area (Å²) in [6.07, 6.45) is 2.03. The topological polar surface area (TPSA) is 70.0 Å². The van der Waals surface area contributed by atoms with Crippen LogP contribution in [0, 0.1) is 0 Å². The van der Waals surface area contributed by atoms with E-state index in [0.29, 0.717) is 29.6 Å². The molecule has 5 nitrogen and oxygen atoms in total. The Bertz CT molecular complexity index is 753. The summed E-state index contributed by atoms with van der Waals surface area (Å²) in [4.78, 5) is 24.0. The number of nitrogens with zero attached hydrogens (tertiary/aromatic N) is 2. The maximum Gasteiger partial charge on any atom is 0.331 e. The SMILES string of the molecule is NCCCn1c(=O)ccn(Cc2cccc(Cl)c2Cl)c1=O. The van der Waals surface area contributed by atoms with Crippen LogP contribution in [0.1, 0.15) is 12.0 Å². The normalized spacial score (nSPS) is 10.8. The summed E-state index contributed by atoms with van der Waals surface area (Å²) in [7, 11) is 0. The Morgan fingerprint density at radius 2 is 1.90 bits per heavy atom. The maximum absolute atomic E-state index is 12.3. The predicted octanol–water partition coefficient (Wildman–Crippen LogP) is 1.71. The van der Waals surface area contributed by atoms with Gasteiger partial charge in [-0.1, -0.05) is 35.3 Å². The molecule has 0 aliphatic heterocycles. The third-order valence-electron chi connectivity index (χ3n) is 3.10. The molecule has 21 heavy (non-hydrogen) atoms. The van der Waals surface area contributed by atoms with Gasteiger partial charge in [0, 0.05) is 18.8 Å². The van der Waals surface area contributed by atoms with Gasteiger partial charge in [-0.2, -0.15) is 0 Å². The molecule has 2 N–H and O–H groups in total. The summed E-state index contributed by atoms with van der Waals surface area (Å²) in [6.45, 7) is 0.973. The van der Waals surface area contributed by atoms with Crippen molar-refractivity contribution in [3.8, 4) is 0 Å². The summed E-state index contributed by atoms with van der Waals surface area (Å²) in [5, 5.41) is 0.837. The molecular formula is C14H15Cl2N3O2. The Morgan fingerprint density at radius 3 is 2.62 bits per heavy atom. The highest BCUT2D eigenvalue weighted by molar-refractivity contribution is 6.42. The van der Waals surface area contributed by atoms with Crippen molar-refractivity contribution in [2.75, 3.05) is 6.54 Å². The number of hydrogen-bond donors (Lipinski definition) is 1. The highest BCUT2D eigenvalue weighted by atomic mass is 35.5. The van der Waals surface area contributed by atoms with E-state index >= 15 is 0 Å². The van der Waals surface area contributed by atoms with Crippen molar-refractivity contribution in [3.63, 3.8) is 0 Å². The van der Waals surface area contributed by atoms with Gasteiger partial charge in [0.05, 0.1) is 16.6 Å². The first kappa shape index (κ1) is 15.8. The Kier molecular flexibility index (Phi) is 5.22. The molecule has 0 aliphatic carbocycles. The van der Waals surface area contributed by atoms with Crippen LogP contribution in [0.15, 0.2) is 40.1 Å². The Balaban J connectivity index is 2.39. The molecule has 0 bridgehead atoms. The molecule has 1 heterocycles. The lowest BCUT2D eigenvalue weighted by Crippen LogP contribution is -2.39. The van der Waals surface area contributed by atoms with Crippen molar-refractivity contribution < 1.29 is 0 Å². The predicted molar refractivity (Wildman–Crippen MR) is 84.2 cm³/mol. The van der Waals surface area contributed by atoms with Crippen molar-refractivity contribution in [2.24, 2.45) is 5.73 Å². The molecule has 0 atom stereocenters. The van der Waals surface area contributed by atoms with Crippen molar-refractivity contribution >= 4 is 23.2 Å². The van der Waals surface area contributed by atoms with E-state index in [0.717, 1.165) is 5.56 Å². The summed E-state index contributed by atoms with van der Waals surface area (Å²) in [5.41, 5.74) is 5.42. The largest absolute Gasteiger partial charge is 0.331 e. The molecule has 0 saturated carbocycles. The van der Waals surface area contributed by atoms with Crippen molar-refractivity contribution in [1.82, 2.24) is 9.13 Å². The van der Waals surface area contributed by atoms with E-state index in [1.807, 2.05) is 0 Å². The average molecular weight is 328 g/mol. The first-order valence-corrected chi connectivity index (χ1v) is 7.23. The molecule has 0 unspecified atom stereocenters. The Morgan fingerprint density at radius 1 is 1.14 bits per heavy atom. The Labute approximate surface area is 131 Å². The fourth-order valence-electron chi connectivity index (χ4n) is 1.99. The first-order valence-electron chi connectivity index (χ1n) is 6.48. The minimum Gasteiger partial charge on any atom is -0.330 e. The van der Waals surface area contributed by atoms with E-state index in [1.165, 1.54) is 21.4 Å². The van der Waals surface area contributed by atoms with Crippen molar-refractivity contribution in [2.45, 2.75) is 19.5 Å². The number of halogens is 2. The molecule has 0 fully saturated rings. The van der Waals surface area contributed by atoms with Gasteiger partial charge in [-0.3, -0.25) is 13.9 Å². The van der Waals surface area contributed by atoms with Gasteiger partial charge in [0.25, 0.3) is 5.56 Å². The standard InChI is InChI=1S/C14H15Cl2N3O2/c15-11-4-1-3-10(13(11)16)9-18-8-5-12(20)19(14(18)21)7-2-6-17/h1,3-5,8H,2,6-7,9,17H2. The fraction of sp³-hybridized carbons (Fsp3) is 0.286. The molecule has 0 amide bonds. The van der Waals surface area contributed by atoms with Gasteiger partial charge in [0.1, 0.15) is 0 Å². The zero-order valence-corrected chi connectivity index (χ0v) is 12.8. The van der Waals surface area contributed by atoms with Gasteiger partial charge < -0.3 is 5.73 Å². The quantitative estimate of drug-likeness (QED) is 0.908. The van der Waals surface area contributed by atoms with Crippen LogP contribution in [-0.4, -0.2) is 15.7 Å². The third kappa shape index (κ3) is 3.56.